The lowest BCUT2D eigenvalue weighted by Gasteiger charge is -2.17. The maximum Gasteiger partial charge on any atom is 0.233 e. The van der Waals surface area contributed by atoms with Crippen LogP contribution >= 0.6 is 27.7 Å². The second-order valence-corrected chi connectivity index (χ2v) is 7.14. The average Bonchev–Trinajstić information content (AvgIpc) is 2.95. The summed E-state index contributed by atoms with van der Waals surface area (Å²) in [6, 6.07) is 8.27. The molecule has 0 N–H and O–H groups in total. The first-order chi connectivity index (χ1) is 10.5. The number of hydrogen-bond acceptors (Lipinski definition) is 4. The normalized spacial score (nSPS) is 11.0. The Labute approximate surface area is 143 Å². The molecule has 7 heteroatoms. The summed E-state index contributed by atoms with van der Waals surface area (Å²) < 4.78 is 3.00. The minimum Gasteiger partial charge on any atom is -0.341 e. The van der Waals surface area contributed by atoms with Gasteiger partial charge < -0.3 is 9.47 Å². The highest BCUT2D eigenvalue weighted by molar-refractivity contribution is 9.10. The Bertz CT molecular complexity index is 627. The maximum absolute atomic E-state index is 12.2. The predicted octanol–water partition coefficient (Wildman–Crippen LogP) is 3.37. The molecule has 0 aliphatic rings. The Hall–Kier alpha value is -1.34. The number of thioether (sulfide) groups is 1. The van der Waals surface area contributed by atoms with Gasteiger partial charge in [0.15, 0.2) is 5.16 Å². The molecular formula is C15H19BrN4OS. The molecule has 0 radical (unpaired) electrons. The molecule has 2 rings (SSSR count). The summed E-state index contributed by atoms with van der Waals surface area (Å²) >= 11 is 4.83. The quantitative estimate of drug-likeness (QED) is 0.718. The van der Waals surface area contributed by atoms with E-state index in [4.69, 9.17) is 0 Å². The highest BCUT2D eigenvalue weighted by Gasteiger charge is 2.13. The molecule has 0 spiro atoms. The number of carbonyl (C=O) groups is 1. The molecule has 0 aliphatic carbocycles. The summed E-state index contributed by atoms with van der Waals surface area (Å²) in [6.07, 6.45) is 1.70. The van der Waals surface area contributed by atoms with Gasteiger partial charge in [0.2, 0.25) is 5.91 Å². The van der Waals surface area contributed by atoms with Gasteiger partial charge >= 0.3 is 0 Å². The molecule has 0 fully saturated rings. The molecule has 5 nitrogen and oxygen atoms in total. The largest absolute Gasteiger partial charge is 0.341 e. The fourth-order valence-corrected chi connectivity index (χ4v) is 3.13. The first-order valence-electron chi connectivity index (χ1n) is 6.98. The molecule has 1 aromatic heterocycles. The van der Waals surface area contributed by atoms with Crippen molar-refractivity contribution in [1.82, 2.24) is 19.7 Å². The minimum absolute atomic E-state index is 0.0752. The second kappa shape index (κ2) is 7.78. The van der Waals surface area contributed by atoms with Gasteiger partial charge in [0.1, 0.15) is 6.33 Å². The van der Waals surface area contributed by atoms with Crippen LogP contribution in [0.4, 0.5) is 0 Å². The number of carbonyl (C=O) groups excluding carboxylic acids is 1. The third-order valence-corrected chi connectivity index (χ3v) is 4.65. The average molecular weight is 383 g/mol. The van der Waals surface area contributed by atoms with E-state index < -0.39 is 0 Å². The van der Waals surface area contributed by atoms with Gasteiger partial charge in [-0.2, -0.15) is 0 Å². The van der Waals surface area contributed by atoms with Crippen molar-refractivity contribution in [3.05, 3.63) is 40.6 Å². The van der Waals surface area contributed by atoms with Crippen molar-refractivity contribution in [3.63, 3.8) is 0 Å². The van der Waals surface area contributed by atoms with Crippen LogP contribution in [0, 0.1) is 0 Å². The van der Waals surface area contributed by atoms with E-state index in [9.17, 15) is 4.79 Å². The molecule has 0 aliphatic heterocycles. The molecule has 22 heavy (non-hydrogen) atoms. The maximum atomic E-state index is 12.2. The van der Waals surface area contributed by atoms with Crippen LogP contribution in [-0.2, 0) is 11.3 Å². The van der Waals surface area contributed by atoms with Crippen molar-refractivity contribution in [3.8, 4) is 0 Å². The Morgan fingerprint density at radius 3 is 2.68 bits per heavy atom. The summed E-state index contributed by atoms with van der Waals surface area (Å²) in [5.74, 6) is 0.435. The van der Waals surface area contributed by atoms with Crippen LogP contribution in [0.3, 0.4) is 0 Å². The highest BCUT2D eigenvalue weighted by atomic mass is 79.9. The number of aromatic nitrogens is 3. The minimum atomic E-state index is 0.0752. The third-order valence-electron chi connectivity index (χ3n) is 3.18. The number of rotatable bonds is 6. The molecule has 0 atom stereocenters. The third kappa shape index (κ3) is 4.58. The van der Waals surface area contributed by atoms with Crippen molar-refractivity contribution >= 4 is 33.6 Å². The van der Waals surface area contributed by atoms with E-state index in [1.165, 1.54) is 11.8 Å². The second-order valence-electron chi connectivity index (χ2n) is 5.28. The van der Waals surface area contributed by atoms with Crippen molar-refractivity contribution in [2.75, 3.05) is 12.8 Å². The van der Waals surface area contributed by atoms with Gasteiger partial charge in [-0.05, 0) is 31.5 Å². The van der Waals surface area contributed by atoms with E-state index in [1.807, 2.05) is 35.9 Å². The van der Waals surface area contributed by atoms with Gasteiger partial charge in [0.25, 0.3) is 0 Å². The number of hydrogen-bond donors (Lipinski definition) is 0. The lowest BCUT2D eigenvalue weighted by Crippen LogP contribution is -2.27. The Morgan fingerprint density at radius 1 is 1.36 bits per heavy atom. The standard InChI is InChI=1S/C15H19BrN4OS/c1-11(2)20-10-17-18-15(20)22-9-14(21)19(3)8-12-4-6-13(16)7-5-12/h4-7,10-11H,8-9H2,1-3H3. The highest BCUT2D eigenvalue weighted by Crippen LogP contribution is 2.19. The van der Waals surface area contributed by atoms with Crippen molar-refractivity contribution in [2.45, 2.75) is 31.6 Å². The summed E-state index contributed by atoms with van der Waals surface area (Å²) in [6.45, 7) is 4.73. The first-order valence-corrected chi connectivity index (χ1v) is 8.76. The number of benzene rings is 1. The summed E-state index contributed by atoms with van der Waals surface area (Å²) in [5, 5.41) is 8.75. The van der Waals surface area contributed by atoms with Crippen LogP contribution in [0.15, 0.2) is 40.2 Å². The molecule has 0 unspecified atom stereocenters. The van der Waals surface area contributed by atoms with Crippen molar-refractivity contribution in [2.24, 2.45) is 0 Å². The van der Waals surface area contributed by atoms with Crippen molar-refractivity contribution in [1.29, 1.82) is 0 Å². The molecule has 1 amide bonds. The van der Waals surface area contributed by atoms with Gasteiger partial charge in [-0.1, -0.05) is 39.8 Å². The molecule has 2 aromatic rings. The molecule has 0 bridgehead atoms. The lowest BCUT2D eigenvalue weighted by molar-refractivity contribution is -0.127. The van der Waals surface area contributed by atoms with Gasteiger partial charge in [-0.3, -0.25) is 4.79 Å². The van der Waals surface area contributed by atoms with Crippen molar-refractivity contribution < 1.29 is 4.79 Å². The molecule has 1 heterocycles. The Kier molecular flexibility index (Phi) is 6.02. The molecule has 0 saturated heterocycles. The van der Waals surface area contributed by atoms with E-state index in [0.717, 1.165) is 15.2 Å². The molecular weight excluding hydrogens is 364 g/mol. The summed E-state index contributed by atoms with van der Waals surface area (Å²) in [4.78, 5) is 14.0. The monoisotopic (exact) mass is 382 g/mol. The summed E-state index contributed by atoms with van der Waals surface area (Å²) in [5.41, 5.74) is 1.11. The Balaban J connectivity index is 1.88. The smallest absolute Gasteiger partial charge is 0.233 e. The predicted molar refractivity (Wildman–Crippen MR) is 91.7 cm³/mol. The van der Waals surface area contributed by atoms with Gasteiger partial charge in [-0.15, -0.1) is 10.2 Å². The first kappa shape index (κ1) is 17.0. The zero-order valence-electron chi connectivity index (χ0n) is 12.9. The number of halogens is 1. The van der Waals surface area contributed by atoms with Gasteiger partial charge in [0.05, 0.1) is 5.75 Å². The zero-order chi connectivity index (χ0) is 16.1. The van der Waals surface area contributed by atoms with Crippen LogP contribution in [-0.4, -0.2) is 38.4 Å². The molecule has 118 valence electrons. The number of nitrogens with zero attached hydrogens (tertiary/aromatic N) is 4. The van der Waals surface area contributed by atoms with Gasteiger partial charge in [-0.25, -0.2) is 0 Å². The van der Waals surface area contributed by atoms with E-state index in [0.29, 0.717) is 12.3 Å². The van der Waals surface area contributed by atoms with E-state index in [2.05, 4.69) is 40.0 Å². The van der Waals surface area contributed by atoms with Crippen LogP contribution in [0.5, 0.6) is 0 Å². The lowest BCUT2D eigenvalue weighted by atomic mass is 10.2. The van der Waals surface area contributed by atoms with Crippen LogP contribution in [0.1, 0.15) is 25.5 Å². The topological polar surface area (TPSA) is 51.0 Å². The number of amides is 1. The zero-order valence-corrected chi connectivity index (χ0v) is 15.3. The SMILES string of the molecule is CC(C)n1cnnc1SCC(=O)N(C)Cc1ccc(Br)cc1. The summed E-state index contributed by atoms with van der Waals surface area (Å²) in [7, 11) is 1.82. The fraction of sp³-hybridized carbons (Fsp3) is 0.400. The van der Waals surface area contributed by atoms with Crippen LogP contribution < -0.4 is 0 Å². The molecule has 1 aromatic carbocycles. The molecule has 0 saturated carbocycles. The fourth-order valence-electron chi connectivity index (χ4n) is 1.88. The van der Waals surface area contributed by atoms with E-state index >= 15 is 0 Å². The van der Waals surface area contributed by atoms with E-state index in [-0.39, 0.29) is 11.9 Å². The van der Waals surface area contributed by atoms with Crippen LogP contribution in [0.25, 0.3) is 0 Å². The van der Waals surface area contributed by atoms with E-state index in [1.54, 1.807) is 11.2 Å². The van der Waals surface area contributed by atoms with Crippen LogP contribution in [0.2, 0.25) is 0 Å². The van der Waals surface area contributed by atoms with Gasteiger partial charge in [0, 0.05) is 24.1 Å². The Morgan fingerprint density at radius 2 is 2.05 bits per heavy atom.